The molecule has 0 aliphatic rings. The molecule has 1 aromatic carbocycles. The van der Waals surface area contributed by atoms with Crippen LogP contribution in [0, 0.1) is 0 Å². The van der Waals surface area contributed by atoms with Gasteiger partial charge in [0.05, 0.1) is 24.1 Å². The summed E-state index contributed by atoms with van der Waals surface area (Å²) in [5.41, 5.74) is 6.91. The summed E-state index contributed by atoms with van der Waals surface area (Å²) in [6.07, 6.45) is -2.40. The smallest absolute Gasteiger partial charge is 0.395 e. The number of aliphatic hydroxyl groups is 1. The number of rotatable bonds is 4. The second kappa shape index (κ2) is 6.93. The second-order valence-corrected chi connectivity index (χ2v) is 4.49. The lowest BCUT2D eigenvalue weighted by Crippen LogP contribution is -2.26. The summed E-state index contributed by atoms with van der Waals surface area (Å²) in [5, 5.41) is 15.6. The molecular formula is C13H15ClF3N3O. The minimum Gasteiger partial charge on any atom is -0.395 e. The van der Waals surface area contributed by atoms with Crippen molar-refractivity contribution in [3.8, 4) is 11.3 Å². The Morgan fingerprint density at radius 2 is 1.86 bits per heavy atom. The minimum absolute atomic E-state index is 0. The van der Waals surface area contributed by atoms with Gasteiger partial charge in [-0.15, -0.1) is 12.4 Å². The predicted octanol–water partition coefficient (Wildman–Crippen LogP) is 2.38. The molecule has 0 radical (unpaired) electrons. The van der Waals surface area contributed by atoms with E-state index in [0.717, 1.165) is 17.7 Å². The van der Waals surface area contributed by atoms with E-state index in [1.165, 1.54) is 12.1 Å². The molecule has 0 aliphatic carbocycles. The number of aromatic amines is 1. The quantitative estimate of drug-likeness (QED) is 0.809. The molecule has 2 rings (SSSR count). The highest BCUT2D eigenvalue weighted by atomic mass is 35.5. The number of H-pyrrole nitrogens is 1. The lowest BCUT2D eigenvalue weighted by molar-refractivity contribution is -0.137. The molecule has 4 N–H and O–H groups in total. The number of halogens is 4. The van der Waals surface area contributed by atoms with Crippen LogP contribution in [0.2, 0.25) is 0 Å². The van der Waals surface area contributed by atoms with Gasteiger partial charge in [-0.3, -0.25) is 5.10 Å². The van der Waals surface area contributed by atoms with Crippen molar-refractivity contribution in [2.45, 2.75) is 18.6 Å². The van der Waals surface area contributed by atoms with Gasteiger partial charge in [-0.1, -0.05) is 12.1 Å². The lowest BCUT2D eigenvalue weighted by atomic mass is 10.0. The molecule has 1 atom stereocenters. The average Bonchev–Trinajstić information content (AvgIpc) is 2.86. The normalized spacial score (nSPS) is 12.8. The molecule has 1 unspecified atom stereocenters. The SMILES string of the molecule is Cl.NC(CO)Cc1cn[nH]c1-c1ccc(C(F)(F)F)cc1. The summed E-state index contributed by atoms with van der Waals surface area (Å²) in [4.78, 5) is 0. The Morgan fingerprint density at radius 3 is 2.38 bits per heavy atom. The number of hydrogen-bond acceptors (Lipinski definition) is 3. The number of hydrogen-bond donors (Lipinski definition) is 3. The first-order valence-corrected chi connectivity index (χ1v) is 5.98. The first kappa shape index (κ1) is 17.5. The Balaban J connectivity index is 0.00000220. The highest BCUT2D eigenvalue weighted by Crippen LogP contribution is 2.31. The van der Waals surface area contributed by atoms with Gasteiger partial charge in [0.15, 0.2) is 0 Å². The van der Waals surface area contributed by atoms with Crippen molar-refractivity contribution in [2.75, 3.05) is 6.61 Å². The van der Waals surface area contributed by atoms with Gasteiger partial charge in [-0.2, -0.15) is 18.3 Å². The van der Waals surface area contributed by atoms with E-state index >= 15 is 0 Å². The van der Waals surface area contributed by atoms with E-state index in [1.807, 2.05) is 0 Å². The Labute approximate surface area is 125 Å². The molecule has 0 amide bonds. The van der Waals surface area contributed by atoms with Crippen molar-refractivity contribution >= 4 is 12.4 Å². The van der Waals surface area contributed by atoms with Crippen LogP contribution in [-0.2, 0) is 12.6 Å². The van der Waals surface area contributed by atoms with Gasteiger partial charge >= 0.3 is 6.18 Å². The number of aliphatic hydroxyl groups excluding tert-OH is 1. The summed E-state index contributed by atoms with van der Waals surface area (Å²) in [6.45, 7) is -0.169. The fraction of sp³-hybridized carbons (Fsp3) is 0.308. The number of nitrogens with zero attached hydrogens (tertiary/aromatic N) is 1. The van der Waals surface area contributed by atoms with Gasteiger partial charge in [0.2, 0.25) is 0 Å². The zero-order valence-electron chi connectivity index (χ0n) is 10.9. The molecule has 1 aromatic heterocycles. The van der Waals surface area contributed by atoms with Gasteiger partial charge in [-0.25, -0.2) is 0 Å². The number of aromatic nitrogens is 2. The Hall–Kier alpha value is -1.57. The van der Waals surface area contributed by atoms with Gasteiger partial charge in [0.25, 0.3) is 0 Å². The molecule has 21 heavy (non-hydrogen) atoms. The van der Waals surface area contributed by atoms with Crippen LogP contribution in [0.4, 0.5) is 13.2 Å². The van der Waals surface area contributed by atoms with Crippen molar-refractivity contribution in [3.05, 3.63) is 41.6 Å². The number of nitrogens with one attached hydrogen (secondary N) is 1. The molecule has 0 bridgehead atoms. The van der Waals surface area contributed by atoms with E-state index in [1.54, 1.807) is 6.20 Å². The fourth-order valence-electron chi connectivity index (χ4n) is 1.89. The largest absolute Gasteiger partial charge is 0.416 e. The van der Waals surface area contributed by atoms with Crippen LogP contribution in [0.25, 0.3) is 11.3 Å². The number of nitrogens with two attached hydrogens (primary N) is 1. The maximum Gasteiger partial charge on any atom is 0.416 e. The molecule has 0 saturated carbocycles. The fourth-order valence-corrected chi connectivity index (χ4v) is 1.89. The van der Waals surface area contributed by atoms with E-state index < -0.39 is 17.8 Å². The summed E-state index contributed by atoms with van der Waals surface area (Å²) < 4.78 is 37.5. The van der Waals surface area contributed by atoms with Gasteiger partial charge < -0.3 is 10.8 Å². The van der Waals surface area contributed by atoms with Crippen LogP contribution in [-0.4, -0.2) is 28.0 Å². The minimum atomic E-state index is -4.35. The first-order valence-electron chi connectivity index (χ1n) is 5.98. The Kier molecular flexibility index (Phi) is 5.77. The van der Waals surface area contributed by atoms with Crippen molar-refractivity contribution in [1.82, 2.24) is 10.2 Å². The molecular weight excluding hydrogens is 307 g/mol. The van der Waals surface area contributed by atoms with Crippen LogP contribution < -0.4 is 5.73 Å². The van der Waals surface area contributed by atoms with Crippen LogP contribution in [0.15, 0.2) is 30.5 Å². The molecule has 2 aromatic rings. The van der Waals surface area contributed by atoms with E-state index in [-0.39, 0.29) is 19.0 Å². The van der Waals surface area contributed by atoms with Crippen LogP contribution >= 0.6 is 12.4 Å². The average molecular weight is 322 g/mol. The van der Waals surface area contributed by atoms with Crippen LogP contribution in [0.3, 0.4) is 0 Å². The Bertz CT molecular complexity index is 569. The first-order chi connectivity index (χ1) is 9.41. The van der Waals surface area contributed by atoms with Crippen molar-refractivity contribution in [2.24, 2.45) is 5.73 Å². The third-order valence-corrected chi connectivity index (χ3v) is 2.94. The van der Waals surface area contributed by atoms with Gasteiger partial charge in [-0.05, 0) is 29.7 Å². The van der Waals surface area contributed by atoms with E-state index in [9.17, 15) is 13.2 Å². The number of benzene rings is 1. The van der Waals surface area contributed by atoms with Crippen molar-refractivity contribution in [1.29, 1.82) is 0 Å². The second-order valence-electron chi connectivity index (χ2n) is 4.49. The molecule has 8 heteroatoms. The van der Waals surface area contributed by atoms with E-state index in [4.69, 9.17) is 10.8 Å². The van der Waals surface area contributed by atoms with Gasteiger partial charge in [0, 0.05) is 6.04 Å². The zero-order valence-corrected chi connectivity index (χ0v) is 11.7. The lowest BCUT2D eigenvalue weighted by Gasteiger charge is -2.10. The van der Waals surface area contributed by atoms with Crippen molar-refractivity contribution < 1.29 is 18.3 Å². The third kappa shape index (κ3) is 4.20. The van der Waals surface area contributed by atoms with Gasteiger partial charge in [0.1, 0.15) is 0 Å². The molecule has 116 valence electrons. The monoisotopic (exact) mass is 321 g/mol. The third-order valence-electron chi connectivity index (χ3n) is 2.94. The molecule has 0 saturated heterocycles. The van der Waals surface area contributed by atoms with E-state index in [2.05, 4.69) is 10.2 Å². The van der Waals surface area contributed by atoms with E-state index in [0.29, 0.717) is 17.7 Å². The zero-order chi connectivity index (χ0) is 14.8. The highest BCUT2D eigenvalue weighted by Gasteiger charge is 2.30. The standard InChI is InChI=1S/C13H14F3N3O.ClH/c14-13(15,16)10-3-1-8(2-4-10)12-9(6-18-19-12)5-11(17)7-20;/h1-4,6,11,20H,5,7,17H2,(H,18,19);1H. The summed E-state index contributed by atoms with van der Waals surface area (Å²) in [6, 6.07) is 4.37. The Morgan fingerprint density at radius 1 is 1.24 bits per heavy atom. The predicted molar refractivity (Wildman–Crippen MR) is 75.0 cm³/mol. The summed E-state index contributed by atoms with van der Waals surface area (Å²) in [7, 11) is 0. The maximum absolute atomic E-state index is 12.5. The summed E-state index contributed by atoms with van der Waals surface area (Å²) in [5.74, 6) is 0. The van der Waals surface area contributed by atoms with Crippen LogP contribution in [0.5, 0.6) is 0 Å². The molecule has 0 aliphatic heterocycles. The van der Waals surface area contributed by atoms with Crippen molar-refractivity contribution in [3.63, 3.8) is 0 Å². The molecule has 4 nitrogen and oxygen atoms in total. The molecule has 0 spiro atoms. The topological polar surface area (TPSA) is 74.9 Å². The van der Waals surface area contributed by atoms with Crippen LogP contribution in [0.1, 0.15) is 11.1 Å². The number of alkyl halides is 3. The summed E-state index contributed by atoms with van der Waals surface area (Å²) >= 11 is 0. The molecule has 1 heterocycles. The molecule has 0 fully saturated rings. The highest BCUT2D eigenvalue weighted by molar-refractivity contribution is 5.85. The maximum atomic E-state index is 12.5.